The van der Waals surface area contributed by atoms with Gasteiger partial charge in [0.2, 0.25) is 0 Å². The summed E-state index contributed by atoms with van der Waals surface area (Å²) >= 11 is 7.90. The Bertz CT molecular complexity index is 1060. The summed E-state index contributed by atoms with van der Waals surface area (Å²) in [5.74, 6) is -2.70. The molecule has 2 aromatic carbocycles. The second-order valence-electron chi connectivity index (χ2n) is 8.22. The van der Waals surface area contributed by atoms with Crippen LogP contribution in [-0.2, 0) is 16.0 Å². The average Bonchev–Trinajstić information content (AvgIpc) is 2.98. The van der Waals surface area contributed by atoms with Crippen molar-refractivity contribution < 1.29 is 29.3 Å². The molecule has 1 saturated heterocycles. The number of benzene rings is 2. The number of aliphatic hydroxyl groups is 1. The number of nitrogens with zero attached hydrogens (tertiary/aromatic N) is 2. The molecular formula is C25H28ClFN2O5S. The van der Waals surface area contributed by atoms with Crippen molar-refractivity contribution in [2.45, 2.75) is 28.7 Å². The van der Waals surface area contributed by atoms with Crippen LogP contribution in [0.25, 0.3) is 0 Å². The fraction of sp³-hybridized carbons (Fsp3) is 0.360. The summed E-state index contributed by atoms with van der Waals surface area (Å²) in [4.78, 5) is 26.2. The lowest BCUT2D eigenvalue weighted by molar-refractivity contribution is -0.134. The molecule has 0 amide bonds. The summed E-state index contributed by atoms with van der Waals surface area (Å²) < 4.78 is 13.9. The highest BCUT2D eigenvalue weighted by molar-refractivity contribution is 7.99. The Hall–Kier alpha value is -2.43. The molecule has 0 radical (unpaired) electrons. The second kappa shape index (κ2) is 13.0. The Morgan fingerprint density at radius 1 is 1.03 bits per heavy atom. The lowest BCUT2D eigenvalue weighted by Crippen LogP contribution is -2.48. The van der Waals surface area contributed by atoms with Gasteiger partial charge in [-0.25, -0.2) is 14.0 Å². The van der Waals surface area contributed by atoms with Crippen molar-refractivity contribution in [3.8, 4) is 0 Å². The predicted octanol–water partition coefficient (Wildman–Crippen LogP) is 3.94. The van der Waals surface area contributed by atoms with Crippen LogP contribution < -0.4 is 0 Å². The van der Waals surface area contributed by atoms with Gasteiger partial charge in [-0.05, 0) is 54.3 Å². The molecule has 10 heteroatoms. The fourth-order valence-corrected chi connectivity index (χ4v) is 5.51. The first-order chi connectivity index (χ1) is 16.8. The molecule has 1 fully saturated rings. The molecule has 35 heavy (non-hydrogen) atoms. The summed E-state index contributed by atoms with van der Waals surface area (Å²) in [5, 5.41) is 25.4. The summed E-state index contributed by atoms with van der Waals surface area (Å²) in [6.07, 6.45) is 2.83. The van der Waals surface area contributed by atoms with Crippen LogP contribution in [0.3, 0.4) is 0 Å². The lowest BCUT2D eigenvalue weighted by atomic mass is 9.96. The van der Waals surface area contributed by atoms with E-state index >= 15 is 0 Å². The van der Waals surface area contributed by atoms with Crippen molar-refractivity contribution in [1.82, 2.24) is 9.80 Å². The van der Waals surface area contributed by atoms with Gasteiger partial charge in [-0.1, -0.05) is 29.4 Å². The van der Waals surface area contributed by atoms with Gasteiger partial charge >= 0.3 is 11.9 Å². The van der Waals surface area contributed by atoms with E-state index in [1.807, 2.05) is 18.2 Å². The predicted molar refractivity (Wildman–Crippen MR) is 133 cm³/mol. The number of carboxylic acid groups (broad SMARTS) is 2. The smallest absolute Gasteiger partial charge is 0.328 e. The first kappa shape index (κ1) is 27.2. The number of carboxylic acids is 2. The summed E-state index contributed by atoms with van der Waals surface area (Å²) in [5.41, 5.74) is 2.44. The van der Waals surface area contributed by atoms with Gasteiger partial charge in [0.1, 0.15) is 5.82 Å². The largest absolute Gasteiger partial charge is 0.478 e. The van der Waals surface area contributed by atoms with Gasteiger partial charge in [0.05, 0.1) is 0 Å². The monoisotopic (exact) mass is 522 g/mol. The molecule has 0 saturated carbocycles. The number of hydrogen-bond acceptors (Lipinski definition) is 6. The average molecular weight is 523 g/mol. The highest BCUT2D eigenvalue weighted by Gasteiger charge is 2.30. The summed E-state index contributed by atoms with van der Waals surface area (Å²) in [6.45, 7) is 5.16. The third kappa shape index (κ3) is 8.05. The highest BCUT2D eigenvalue weighted by atomic mass is 35.5. The molecule has 2 aliphatic rings. The van der Waals surface area contributed by atoms with Crippen molar-refractivity contribution in [2.75, 3.05) is 39.3 Å². The quantitative estimate of drug-likeness (QED) is 0.490. The van der Waals surface area contributed by atoms with E-state index in [0.29, 0.717) is 12.2 Å². The molecule has 0 bridgehead atoms. The van der Waals surface area contributed by atoms with Gasteiger partial charge in [0, 0.05) is 72.3 Å². The molecule has 2 aromatic rings. The minimum atomic E-state index is -1.26. The van der Waals surface area contributed by atoms with Gasteiger partial charge in [0.25, 0.3) is 0 Å². The molecule has 2 aliphatic heterocycles. The number of aliphatic carboxylic acids is 2. The summed E-state index contributed by atoms with van der Waals surface area (Å²) in [7, 11) is 0. The molecule has 1 unspecified atom stereocenters. The van der Waals surface area contributed by atoms with E-state index < -0.39 is 11.9 Å². The standard InChI is InChI=1S/C21H24ClFN2OS.C4H4O4/c22-16-2-5-20-15(12-16)13-19(18-4-3-17(23)14-21(18)27-20)25-9-7-24(8-10-25)6-1-11-26;5-3(6)1-2-4(7)8/h2-5,12,14,19,26H,1,6-11,13H2;1-2H,(H,5,6)(H,7,8)/b;2-1-. The molecule has 188 valence electrons. The van der Waals surface area contributed by atoms with Crippen molar-refractivity contribution >= 4 is 35.3 Å². The van der Waals surface area contributed by atoms with Gasteiger partial charge in [-0.2, -0.15) is 0 Å². The Kier molecular flexibility index (Phi) is 10.1. The minimum absolute atomic E-state index is 0.189. The van der Waals surface area contributed by atoms with E-state index in [-0.39, 0.29) is 18.5 Å². The van der Waals surface area contributed by atoms with Crippen LogP contribution in [-0.4, -0.2) is 76.4 Å². The molecule has 1 atom stereocenters. The maximum atomic E-state index is 13.9. The zero-order chi connectivity index (χ0) is 25.4. The van der Waals surface area contributed by atoms with Gasteiger partial charge < -0.3 is 20.2 Å². The van der Waals surface area contributed by atoms with Crippen molar-refractivity contribution in [1.29, 1.82) is 0 Å². The van der Waals surface area contributed by atoms with Crippen LogP contribution >= 0.6 is 23.4 Å². The number of hydrogen-bond donors (Lipinski definition) is 3. The van der Waals surface area contributed by atoms with Gasteiger partial charge in [-0.15, -0.1) is 0 Å². The van der Waals surface area contributed by atoms with Crippen LogP contribution in [0.5, 0.6) is 0 Å². The molecule has 0 spiro atoms. The molecular weight excluding hydrogens is 495 g/mol. The minimum Gasteiger partial charge on any atom is -0.478 e. The Balaban J connectivity index is 0.000000371. The lowest BCUT2D eigenvalue weighted by Gasteiger charge is -2.39. The zero-order valence-corrected chi connectivity index (χ0v) is 20.6. The number of aliphatic hydroxyl groups excluding tert-OH is 1. The third-order valence-corrected chi connectivity index (χ3v) is 7.27. The van der Waals surface area contributed by atoms with Gasteiger partial charge in [-0.3, -0.25) is 4.90 Å². The van der Waals surface area contributed by atoms with Crippen LogP contribution in [0.4, 0.5) is 4.39 Å². The van der Waals surface area contributed by atoms with Crippen LogP contribution in [0.2, 0.25) is 5.02 Å². The molecule has 0 aliphatic carbocycles. The van der Waals surface area contributed by atoms with E-state index in [4.69, 9.17) is 26.9 Å². The van der Waals surface area contributed by atoms with E-state index in [1.165, 1.54) is 11.1 Å². The van der Waals surface area contributed by atoms with Crippen LogP contribution in [0.1, 0.15) is 23.6 Å². The van der Waals surface area contributed by atoms with Crippen molar-refractivity contribution in [3.63, 3.8) is 0 Å². The zero-order valence-electron chi connectivity index (χ0n) is 19.1. The second-order valence-corrected chi connectivity index (χ2v) is 9.74. The number of carbonyl (C=O) groups is 2. The third-order valence-electron chi connectivity index (χ3n) is 5.84. The van der Waals surface area contributed by atoms with E-state index in [1.54, 1.807) is 23.9 Å². The Labute approximate surface area is 212 Å². The first-order valence-corrected chi connectivity index (χ1v) is 12.4. The van der Waals surface area contributed by atoms with Crippen LogP contribution in [0, 0.1) is 5.82 Å². The Morgan fingerprint density at radius 3 is 2.34 bits per heavy atom. The fourth-order valence-electron chi connectivity index (χ4n) is 4.18. The maximum absolute atomic E-state index is 13.9. The normalized spacial score (nSPS) is 18.2. The number of fused-ring (bicyclic) bond motifs is 2. The van der Waals surface area contributed by atoms with Gasteiger partial charge in [0.15, 0.2) is 0 Å². The van der Waals surface area contributed by atoms with E-state index in [0.717, 1.165) is 60.4 Å². The summed E-state index contributed by atoms with van der Waals surface area (Å²) in [6, 6.07) is 11.4. The molecule has 4 rings (SSSR count). The highest BCUT2D eigenvalue weighted by Crippen LogP contribution is 2.43. The van der Waals surface area contributed by atoms with Crippen molar-refractivity contribution in [2.24, 2.45) is 0 Å². The SMILES string of the molecule is O=C(O)/C=C\C(=O)O.OCCCN1CCN(C2Cc3cc(Cl)ccc3Sc3cc(F)ccc32)CC1. The molecule has 2 heterocycles. The number of halogens is 2. The topological polar surface area (TPSA) is 101 Å². The first-order valence-electron chi connectivity index (χ1n) is 11.2. The van der Waals surface area contributed by atoms with Crippen LogP contribution in [0.15, 0.2) is 58.3 Å². The number of piperazine rings is 1. The van der Waals surface area contributed by atoms with E-state index in [9.17, 15) is 14.0 Å². The number of rotatable bonds is 6. The molecule has 7 nitrogen and oxygen atoms in total. The maximum Gasteiger partial charge on any atom is 0.328 e. The van der Waals surface area contributed by atoms with Crippen molar-refractivity contribution in [3.05, 3.63) is 70.5 Å². The molecule has 3 N–H and O–H groups in total. The van der Waals surface area contributed by atoms with E-state index in [2.05, 4.69) is 15.9 Å². The Morgan fingerprint density at radius 2 is 1.71 bits per heavy atom. The molecule has 0 aromatic heterocycles.